The molecule has 1 aromatic heterocycles. The Kier molecular flexibility index (Phi) is 6.50. The topological polar surface area (TPSA) is 50.5 Å². The minimum absolute atomic E-state index is 0.303. The average molecular weight is 406 g/mol. The Hall–Kier alpha value is -2.63. The van der Waals surface area contributed by atoms with E-state index in [9.17, 15) is 5.11 Å². The van der Waals surface area contributed by atoms with Gasteiger partial charge in [-0.05, 0) is 49.1 Å². The molecular formula is C25H31N3O2. The molecule has 1 N–H and O–H groups in total. The molecule has 2 aromatic carbocycles. The summed E-state index contributed by atoms with van der Waals surface area (Å²) in [5.41, 5.74) is 6.17. The van der Waals surface area contributed by atoms with Crippen LogP contribution in [0.15, 0.2) is 54.9 Å². The number of hydrogen-bond acceptors (Lipinski definition) is 4. The number of rotatable bonds is 8. The number of aliphatic hydroxyl groups excluding tert-OH is 1. The zero-order valence-corrected chi connectivity index (χ0v) is 17.9. The Morgan fingerprint density at radius 3 is 2.63 bits per heavy atom. The molecule has 0 aliphatic carbocycles. The number of aliphatic hydroxyl groups is 1. The lowest BCUT2D eigenvalue weighted by atomic mass is 10.1. The van der Waals surface area contributed by atoms with Crippen molar-refractivity contribution in [2.75, 3.05) is 19.7 Å². The van der Waals surface area contributed by atoms with Crippen LogP contribution in [0.25, 0.3) is 0 Å². The average Bonchev–Trinajstić information content (AvgIpc) is 3.13. The standard InChI is InChI=1S/C25H31N3O2/c1-19-12-20(2)14-23(13-19)30-17-22(29)15-27-10-9-25-24(16-27)26-18-28(25)11-8-21-6-4-3-5-7-21/h3-7,12-14,18,22,29H,8-11,15-17H2,1-2H3/t22-/m0/s1. The van der Waals surface area contributed by atoms with Gasteiger partial charge in [-0.2, -0.15) is 0 Å². The van der Waals surface area contributed by atoms with Crippen molar-refractivity contribution in [2.45, 2.75) is 45.9 Å². The molecule has 1 aliphatic rings. The highest BCUT2D eigenvalue weighted by Crippen LogP contribution is 2.20. The van der Waals surface area contributed by atoms with Crippen molar-refractivity contribution in [1.82, 2.24) is 14.5 Å². The third kappa shape index (κ3) is 5.29. The molecule has 0 saturated heterocycles. The van der Waals surface area contributed by atoms with Gasteiger partial charge in [0, 0.05) is 38.3 Å². The van der Waals surface area contributed by atoms with Crippen LogP contribution in [0.1, 0.15) is 28.1 Å². The molecule has 5 heteroatoms. The molecular weight excluding hydrogens is 374 g/mol. The van der Waals surface area contributed by atoms with Gasteiger partial charge in [0.2, 0.25) is 0 Å². The van der Waals surface area contributed by atoms with Crippen LogP contribution in [0, 0.1) is 13.8 Å². The van der Waals surface area contributed by atoms with E-state index >= 15 is 0 Å². The van der Waals surface area contributed by atoms with Crippen molar-refractivity contribution in [3.05, 3.63) is 82.9 Å². The number of aryl methyl sites for hydroxylation is 4. The van der Waals surface area contributed by atoms with Gasteiger partial charge < -0.3 is 14.4 Å². The van der Waals surface area contributed by atoms with Crippen LogP contribution in [0.2, 0.25) is 0 Å². The predicted octanol–water partition coefficient (Wildman–Crippen LogP) is 3.54. The largest absolute Gasteiger partial charge is 0.491 e. The van der Waals surface area contributed by atoms with Crippen LogP contribution in [0.3, 0.4) is 0 Å². The highest BCUT2D eigenvalue weighted by Gasteiger charge is 2.22. The quantitative estimate of drug-likeness (QED) is 0.623. The minimum Gasteiger partial charge on any atom is -0.491 e. The summed E-state index contributed by atoms with van der Waals surface area (Å²) in [6.45, 7) is 7.69. The lowest BCUT2D eigenvalue weighted by Crippen LogP contribution is -2.39. The summed E-state index contributed by atoms with van der Waals surface area (Å²) in [4.78, 5) is 6.92. The maximum absolute atomic E-state index is 10.5. The normalized spacial score (nSPS) is 15.0. The Bertz CT molecular complexity index is 948. The van der Waals surface area contributed by atoms with Crippen molar-refractivity contribution >= 4 is 0 Å². The molecule has 3 aromatic rings. The van der Waals surface area contributed by atoms with E-state index in [0.717, 1.165) is 43.9 Å². The van der Waals surface area contributed by atoms with Gasteiger partial charge in [-0.3, -0.25) is 4.90 Å². The molecule has 4 rings (SSSR count). The molecule has 30 heavy (non-hydrogen) atoms. The van der Waals surface area contributed by atoms with Gasteiger partial charge in [-0.25, -0.2) is 4.98 Å². The molecule has 2 heterocycles. The van der Waals surface area contributed by atoms with Crippen LogP contribution >= 0.6 is 0 Å². The third-order valence-corrected chi connectivity index (χ3v) is 5.66. The highest BCUT2D eigenvalue weighted by molar-refractivity contribution is 5.33. The van der Waals surface area contributed by atoms with Gasteiger partial charge in [0.15, 0.2) is 0 Å². The summed E-state index contributed by atoms with van der Waals surface area (Å²) in [6, 6.07) is 16.7. The number of hydrogen-bond donors (Lipinski definition) is 1. The molecule has 1 atom stereocenters. The zero-order chi connectivity index (χ0) is 20.9. The number of imidazole rings is 1. The number of nitrogens with zero attached hydrogens (tertiary/aromatic N) is 3. The summed E-state index contributed by atoms with van der Waals surface area (Å²) >= 11 is 0. The first kappa shape index (κ1) is 20.6. The molecule has 158 valence electrons. The van der Waals surface area contributed by atoms with Crippen molar-refractivity contribution in [1.29, 1.82) is 0 Å². The van der Waals surface area contributed by atoms with Crippen molar-refractivity contribution in [2.24, 2.45) is 0 Å². The second kappa shape index (κ2) is 9.45. The van der Waals surface area contributed by atoms with Gasteiger partial charge in [0.05, 0.1) is 12.0 Å². The van der Waals surface area contributed by atoms with Crippen LogP contribution in [0.4, 0.5) is 0 Å². The smallest absolute Gasteiger partial charge is 0.119 e. The number of fused-ring (bicyclic) bond motifs is 1. The third-order valence-electron chi connectivity index (χ3n) is 5.66. The molecule has 0 fully saturated rings. The maximum atomic E-state index is 10.5. The van der Waals surface area contributed by atoms with Crippen LogP contribution in [-0.2, 0) is 25.9 Å². The summed E-state index contributed by atoms with van der Waals surface area (Å²) in [5, 5.41) is 10.5. The van der Waals surface area contributed by atoms with Gasteiger partial charge in [-0.1, -0.05) is 36.4 Å². The Labute approximate surface area is 178 Å². The summed E-state index contributed by atoms with van der Waals surface area (Å²) in [5.74, 6) is 0.824. The SMILES string of the molecule is Cc1cc(C)cc(OC[C@@H](O)CN2CCc3c(ncn3CCc3ccccc3)C2)c1. The first-order valence-electron chi connectivity index (χ1n) is 10.7. The van der Waals surface area contributed by atoms with Crippen molar-refractivity contribution < 1.29 is 9.84 Å². The molecule has 1 aliphatic heterocycles. The second-order valence-electron chi connectivity index (χ2n) is 8.34. The van der Waals surface area contributed by atoms with Crippen LogP contribution in [0.5, 0.6) is 5.75 Å². The van der Waals surface area contributed by atoms with E-state index < -0.39 is 6.10 Å². The molecule has 5 nitrogen and oxygen atoms in total. The van der Waals surface area contributed by atoms with E-state index in [-0.39, 0.29) is 0 Å². The number of benzene rings is 2. The molecule has 0 bridgehead atoms. The van der Waals surface area contributed by atoms with E-state index in [1.165, 1.54) is 22.4 Å². The minimum atomic E-state index is -0.521. The lowest BCUT2D eigenvalue weighted by molar-refractivity contribution is 0.0630. The van der Waals surface area contributed by atoms with Gasteiger partial charge >= 0.3 is 0 Å². The summed E-state index contributed by atoms with van der Waals surface area (Å²) in [7, 11) is 0. The monoisotopic (exact) mass is 405 g/mol. The Balaban J connectivity index is 1.27. The fourth-order valence-corrected chi connectivity index (χ4v) is 4.23. The summed E-state index contributed by atoms with van der Waals surface area (Å²) in [6.07, 6.45) is 3.43. The Morgan fingerprint density at radius 1 is 1.10 bits per heavy atom. The fourth-order valence-electron chi connectivity index (χ4n) is 4.23. The van der Waals surface area contributed by atoms with Crippen LogP contribution < -0.4 is 4.74 Å². The fraction of sp³-hybridized carbons (Fsp3) is 0.400. The van der Waals surface area contributed by atoms with Gasteiger partial charge in [0.1, 0.15) is 18.5 Å². The number of β-amino-alcohol motifs (C(OH)–C–C–N with tert-alkyl or cyclic N) is 1. The number of ether oxygens (including phenoxy) is 1. The predicted molar refractivity (Wildman–Crippen MR) is 119 cm³/mol. The molecule has 0 unspecified atom stereocenters. The molecule has 0 saturated carbocycles. The van der Waals surface area contributed by atoms with E-state index in [1.807, 2.05) is 18.5 Å². The van der Waals surface area contributed by atoms with Gasteiger partial charge in [0.25, 0.3) is 0 Å². The lowest BCUT2D eigenvalue weighted by Gasteiger charge is -2.28. The Morgan fingerprint density at radius 2 is 1.87 bits per heavy atom. The summed E-state index contributed by atoms with van der Waals surface area (Å²) < 4.78 is 8.11. The maximum Gasteiger partial charge on any atom is 0.119 e. The molecule has 0 radical (unpaired) electrons. The van der Waals surface area contributed by atoms with Crippen LogP contribution in [-0.4, -0.2) is 45.4 Å². The van der Waals surface area contributed by atoms with Crippen molar-refractivity contribution in [3.63, 3.8) is 0 Å². The zero-order valence-electron chi connectivity index (χ0n) is 17.9. The van der Waals surface area contributed by atoms with Gasteiger partial charge in [-0.15, -0.1) is 0 Å². The van der Waals surface area contributed by atoms with Crippen molar-refractivity contribution in [3.8, 4) is 5.75 Å². The second-order valence-corrected chi connectivity index (χ2v) is 8.34. The van der Waals surface area contributed by atoms with E-state index in [1.54, 1.807) is 0 Å². The number of aromatic nitrogens is 2. The molecule has 0 spiro atoms. The molecule has 0 amide bonds. The first-order chi connectivity index (χ1) is 14.6. The van der Waals surface area contributed by atoms with E-state index in [0.29, 0.717) is 13.2 Å². The van der Waals surface area contributed by atoms with E-state index in [2.05, 4.69) is 64.7 Å². The first-order valence-corrected chi connectivity index (χ1v) is 10.7. The highest BCUT2D eigenvalue weighted by atomic mass is 16.5. The van der Waals surface area contributed by atoms with E-state index in [4.69, 9.17) is 4.74 Å².